The molecule has 0 radical (unpaired) electrons. The highest BCUT2D eigenvalue weighted by atomic mass is 35.5. The van der Waals surface area contributed by atoms with Crippen LogP contribution < -0.4 is 5.32 Å². The molecular formula is C18H16ClNO. The van der Waals surface area contributed by atoms with Crippen LogP contribution in [0.1, 0.15) is 11.7 Å². The topological polar surface area (TPSA) is 32.3 Å². The molecule has 1 unspecified atom stereocenters. The van der Waals surface area contributed by atoms with Crippen LogP contribution in [0.4, 0.5) is 5.69 Å². The van der Waals surface area contributed by atoms with Crippen molar-refractivity contribution in [3.63, 3.8) is 0 Å². The van der Waals surface area contributed by atoms with E-state index in [2.05, 4.69) is 23.5 Å². The van der Waals surface area contributed by atoms with Gasteiger partial charge in [-0.2, -0.15) is 0 Å². The van der Waals surface area contributed by atoms with Crippen LogP contribution in [-0.4, -0.2) is 11.7 Å². The molecule has 0 fully saturated rings. The first-order chi connectivity index (χ1) is 10.2. The normalized spacial score (nSPS) is 12.3. The number of hydrogen-bond donors (Lipinski definition) is 2. The lowest BCUT2D eigenvalue weighted by atomic mass is 10.1. The Balaban J connectivity index is 1.77. The monoisotopic (exact) mass is 297 g/mol. The molecule has 106 valence electrons. The highest BCUT2D eigenvalue weighted by molar-refractivity contribution is 6.30. The minimum Gasteiger partial charge on any atom is -0.387 e. The van der Waals surface area contributed by atoms with Gasteiger partial charge in [0.1, 0.15) is 0 Å². The summed E-state index contributed by atoms with van der Waals surface area (Å²) in [6.45, 7) is 0.439. The van der Waals surface area contributed by atoms with Crippen molar-refractivity contribution in [1.29, 1.82) is 0 Å². The second-order valence-corrected chi connectivity index (χ2v) is 5.41. The molecule has 0 spiro atoms. The molecular weight excluding hydrogens is 282 g/mol. The van der Waals surface area contributed by atoms with E-state index in [-0.39, 0.29) is 0 Å². The molecule has 0 aliphatic carbocycles. The maximum absolute atomic E-state index is 10.3. The first-order valence-corrected chi connectivity index (χ1v) is 7.27. The molecule has 0 aliphatic rings. The van der Waals surface area contributed by atoms with E-state index in [0.29, 0.717) is 11.6 Å². The quantitative estimate of drug-likeness (QED) is 0.735. The SMILES string of the molecule is OC(CNc1cccc2ccccc12)c1cccc(Cl)c1. The Morgan fingerprint density at radius 1 is 0.952 bits per heavy atom. The molecule has 0 aromatic heterocycles. The van der Waals surface area contributed by atoms with Gasteiger partial charge in [-0.25, -0.2) is 0 Å². The highest BCUT2D eigenvalue weighted by Crippen LogP contribution is 2.24. The Labute approximate surface area is 129 Å². The van der Waals surface area contributed by atoms with Crippen molar-refractivity contribution in [2.75, 3.05) is 11.9 Å². The number of rotatable bonds is 4. The van der Waals surface area contributed by atoms with E-state index >= 15 is 0 Å². The van der Waals surface area contributed by atoms with Crippen molar-refractivity contribution in [2.24, 2.45) is 0 Å². The number of halogens is 1. The Morgan fingerprint density at radius 2 is 1.71 bits per heavy atom. The molecule has 1 atom stereocenters. The van der Waals surface area contributed by atoms with Crippen LogP contribution in [0, 0.1) is 0 Å². The van der Waals surface area contributed by atoms with Gasteiger partial charge in [0, 0.05) is 22.6 Å². The van der Waals surface area contributed by atoms with Gasteiger partial charge in [0.15, 0.2) is 0 Å². The van der Waals surface area contributed by atoms with Crippen LogP contribution in [-0.2, 0) is 0 Å². The maximum atomic E-state index is 10.3. The number of aliphatic hydroxyl groups excluding tert-OH is 1. The Bertz CT molecular complexity index is 752. The summed E-state index contributed by atoms with van der Waals surface area (Å²) >= 11 is 5.95. The van der Waals surface area contributed by atoms with Gasteiger partial charge >= 0.3 is 0 Å². The van der Waals surface area contributed by atoms with Crippen LogP contribution in [0.3, 0.4) is 0 Å². The van der Waals surface area contributed by atoms with E-state index in [0.717, 1.165) is 16.6 Å². The average molecular weight is 298 g/mol. The number of nitrogens with one attached hydrogen (secondary N) is 1. The van der Waals surface area contributed by atoms with Crippen molar-refractivity contribution in [3.8, 4) is 0 Å². The molecule has 2 N–H and O–H groups in total. The first-order valence-electron chi connectivity index (χ1n) is 6.89. The predicted molar refractivity (Wildman–Crippen MR) is 88.8 cm³/mol. The van der Waals surface area contributed by atoms with E-state index in [9.17, 15) is 5.11 Å². The van der Waals surface area contributed by atoms with Gasteiger partial charge in [-0.1, -0.05) is 60.1 Å². The lowest BCUT2D eigenvalue weighted by Gasteiger charge is -2.15. The van der Waals surface area contributed by atoms with E-state index in [1.165, 1.54) is 5.39 Å². The number of fused-ring (bicyclic) bond motifs is 1. The van der Waals surface area contributed by atoms with Gasteiger partial charge in [0.2, 0.25) is 0 Å². The summed E-state index contributed by atoms with van der Waals surface area (Å²) in [4.78, 5) is 0. The molecule has 0 aliphatic heterocycles. The van der Waals surface area contributed by atoms with Crippen LogP contribution in [0.15, 0.2) is 66.7 Å². The largest absolute Gasteiger partial charge is 0.387 e. The fourth-order valence-electron chi connectivity index (χ4n) is 2.42. The van der Waals surface area contributed by atoms with Gasteiger partial charge in [0.05, 0.1) is 6.10 Å². The number of anilines is 1. The number of hydrogen-bond acceptors (Lipinski definition) is 2. The third kappa shape index (κ3) is 3.18. The van der Waals surface area contributed by atoms with Crippen molar-refractivity contribution in [2.45, 2.75) is 6.10 Å². The zero-order chi connectivity index (χ0) is 14.7. The third-order valence-electron chi connectivity index (χ3n) is 3.51. The summed E-state index contributed by atoms with van der Waals surface area (Å²) in [6, 6.07) is 21.6. The molecule has 3 aromatic rings. The first kappa shape index (κ1) is 13.9. The fraction of sp³-hybridized carbons (Fsp3) is 0.111. The van der Waals surface area contributed by atoms with E-state index in [1.54, 1.807) is 12.1 Å². The van der Waals surface area contributed by atoms with E-state index in [4.69, 9.17) is 11.6 Å². The maximum Gasteiger partial charge on any atom is 0.0962 e. The molecule has 3 aromatic carbocycles. The van der Waals surface area contributed by atoms with E-state index in [1.807, 2.05) is 36.4 Å². The molecule has 2 nitrogen and oxygen atoms in total. The van der Waals surface area contributed by atoms with Crippen LogP contribution in [0.2, 0.25) is 5.02 Å². The Morgan fingerprint density at radius 3 is 2.57 bits per heavy atom. The summed E-state index contributed by atoms with van der Waals surface area (Å²) in [5.74, 6) is 0. The van der Waals surface area contributed by atoms with Gasteiger partial charge in [-0.15, -0.1) is 0 Å². The van der Waals surface area contributed by atoms with Crippen LogP contribution in [0.25, 0.3) is 10.8 Å². The van der Waals surface area contributed by atoms with Crippen molar-refractivity contribution < 1.29 is 5.11 Å². The molecule has 21 heavy (non-hydrogen) atoms. The molecule has 3 rings (SSSR count). The Kier molecular flexibility index (Phi) is 4.09. The lowest BCUT2D eigenvalue weighted by Crippen LogP contribution is -2.12. The van der Waals surface area contributed by atoms with E-state index < -0.39 is 6.10 Å². The number of benzene rings is 3. The average Bonchev–Trinajstić information content (AvgIpc) is 2.52. The summed E-state index contributed by atoms with van der Waals surface area (Å²) in [5.41, 5.74) is 1.84. The van der Waals surface area contributed by atoms with Gasteiger partial charge in [-0.3, -0.25) is 0 Å². The van der Waals surface area contributed by atoms with Crippen LogP contribution in [0.5, 0.6) is 0 Å². The summed E-state index contributed by atoms with van der Waals surface area (Å²) in [5, 5.41) is 16.5. The standard InChI is InChI=1S/C18H16ClNO/c19-15-8-3-7-14(11-15)18(21)12-20-17-10-4-6-13-5-1-2-9-16(13)17/h1-11,18,20-21H,12H2. The molecule has 0 saturated heterocycles. The zero-order valence-corrected chi connectivity index (χ0v) is 12.2. The van der Waals surface area contributed by atoms with Crippen molar-refractivity contribution in [1.82, 2.24) is 0 Å². The number of aliphatic hydroxyl groups is 1. The van der Waals surface area contributed by atoms with Crippen molar-refractivity contribution in [3.05, 3.63) is 77.3 Å². The minimum absolute atomic E-state index is 0.439. The highest BCUT2D eigenvalue weighted by Gasteiger charge is 2.08. The molecule has 0 bridgehead atoms. The molecule has 0 amide bonds. The molecule has 0 heterocycles. The predicted octanol–water partition coefficient (Wildman–Crippen LogP) is 4.64. The van der Waals surface area contributed by atoms with Gasteiger partial charge < -0.3 is 10.4 Å². The molecule has 3 heteroatoms. The summed E-state index contributed by atoms with van der Waals surface area (Å²) in [6.07, 6.45) is -0.595. The summed E-state index contributed by atoms with van der Waals surface area (Å²) < 4.78 is 0. The van der Waals surface area contributed by atoms with Crippen LogP contribution >= 0.6 is 11.6 Å². The molecule has 0 saturated carbocycles. The second-order valence-electron chi connectivity index (χ2n) is 4.98. The smallest absolute Gasteiger partial charge is 0.0962 e. The lowest BCUT2D eigenvalue weighted by molar-refractivity contribution is 0.191. The Hall–Kier alpha value is -2.03. The minimum atomic E-state index is -0.595. The third-order valence-corrected chi connectivity index (χ3v) is 3.74. The van der Waals surface area contributed by atoms with Gasteiger partial charge in [-0.05, 0) is 29.1 Å². The second kappa shape index (κ2) is 6.17. The van der Waals surface area contributed by atoms with Gasteiger partial charge in [0.25, 0.3) is 0 Å². The zero-order valence-electron chi connectivity index (χ0n) is 11.5. The van der Waals surface area contributed by atoms with Crippen molar-refractivity contribution >= 4 is 28.1 Å². The summed E-state index contributed by atoms with van der Waals surface area (Å²) in [7, 11) is 0. The fourth-order valence-corrected chi connectivity index (χ4v) is 2.62.